The summed E-state index contributed by atoms with van der Waals surface area (Å²) in [4.78, 5) is 25.9. The Labute approximate surface area is 160 Å². The van der Waals surface area contributed by atoms with Gasteiger partial charge in [-0.2, -0.15) is 0 Å². The van der Waals surface area contributed by atoms with Gasteiger partial charge in [0.25, 0.3) is 0 Å². The number of nitrogens with one attached hydrogen (secondary N) is 2. The first-order valence-corrected chi connectivity index (χ1v) is 9.61. The molecule has 0 aromatic heterocycles. The fraction of sp³-hybridized carbons (Fsp3) is 0.364. The lowest BCUT2D eigenvalue weighted by molar-refractivity contribution is -0.117. The van der Waals surface area contributed by atoms with E-state index >= 15 is 0 Å². The topological polar surface area (TPSA) is 61.4 Å². The summed E-state index contributed by atoms with van der Waals surface area (Å²) in [6.07, 6.45) is 2.57. The van der Waals surface area contributed by atoms with Crippen molar-refractivity contribution in [3.63, 3.8) is 0 Å². The van der Waals surface area contributed by atoms with Crippen LogP contribution in [0.5, 0.6) is 0 Å². The van der Waals surface area contributed by atoms with Crippen molar-refractivity contribution in [2.45, 2.75) is 39.0 Å². The molecule has 1 aliphatic rings. The third kappa shape index (κ3) is 4.67. The number of hydrogen-bond donors (Lipinski definition) is 2. The second-order valence-corrected chi connectivity index (χ2v) is 6.99. The first-order valence-electron chi connectivity index (χ1n) is 9.61. The first kappa shape index (κ1) is 19.0. The summed E-state index contributed by atoms with van der Waals surface area (Å²) in [6.45, 7) is 5.32. The van der Waals surface area contributed by atoms with Crippen molar-refractivity contribution in [2.75, 3.05) is 28.6 Å². The van der Waals surface area contributed by atoms with Crippen LogP contribution in [0.4, 0.5) is 17.1 Å². The van der Waals surface area contributed by atoms with Gasteiger partial charge in [0, 0.05) is 30.0 Å². The van der Waals surface area contributed by atoms with Crippen LogP contribution in [-0.4, -0.2) is 24.9 Å². The summed E-state index contributed by atoms with van der Waals surface area (Å²) in [6, 6.07) is 15.6. The maximum atomic E-state index is 12.3. The van der Waals surface area contributed by atoms with Gasteiger partial charge in [-0.25, -0.2) is 0 Å². The smallest absolute Gasteiger partial charge is 0.243 e. The number of amides is 2. The molecule has 1 saturated heterocycles. The fourth-order valence-electron chi connectivity index (χ4n) is 3.33. The van der Waals surface area contributed by atoms with Crippen LogP contribution in [-0.2, 0) is 9.59 Å². The Kier molecular flexibility index (Phi) is 6.12. The highest BCUT2D eigenvalue weighted by molar-refractivity contribution is 5.96. The van der Waals surface area contributed by atoms with Crippen LogP contribution < -0.4 is 15.5 Å². The highest BCUT2D eigenvalue weighted by Gasteiger charge is 2.21. The maximum Gasteiger partial charge on any atom is 0.243 e. The van der Waals surface area contributed by atoms with Gasteiger partial charge >= 0.3 is 0 Å². The first-order chi connectivity index (χ1) is 13.1. The molecule has 1 heterocycles. The lowest BCUT2D eigenvalue weighted by Crippen LogP contribution is -2.24. The predicted molar refractivity (Wildman–Crippen MR) is 110 cm³/mol. The van der Waals surface area contributed by atoms with Crippen molar-refractivity contribution in [3.05, 3.63) is 54.1 Å². The van der Waals surface area contributed by atoms with Crippen molar-refractivity contribution in [1.29, 1.82) is 0 Å². The highest BCUT2D eigenvalue weighted by atomic mass is 16.2. The molecule has 1 fully saturated rings. The lowest BCUT2D eigenvalue weighted by Gasteiger charge is -2.17. The molecule has 2 N–H and O–H groups in total. The van der Waals surface area contributed by atoms with Gasteiger partial charge in [-0.1, -0.05) is 32.0 Å². The van der Waals surface area contributed by atoms with E-state index < -0.39 is 0 Å². The molecule has 0 spiro atoms. The van der Waals surface area contributed by atoms with Gasteiger partial charge < -0.3 is 15.5 Å². The Morgan fingerprint density at radius 1 is 1.15 bits per heavy atom. The van der Waals surface area contributed by atoms with Gasteiger partial charge in [-0.15, -0.1) is 0 Å². The van der Waals surface area contributed by atoms with E-state index in [0.717, 1.165) is 36.4 Å². The molecule has 5 heteroatoms. The Hall–Kier alpha value is -2.82. The van der Waals surface area contributed by atoms with E-state index in [9.17, 15) is 9.59 Å². The molecule has 0 aliphatic carbocycles. The average Bonchev–Trinajstić information content (AvgIpc) is 3.12. The molecular formula is C22H27N3O2. The molecule has 1 atom stereocenters. The number of para-hydroxylation sites is 1. The van der Waals surface area contributed by atoms with Crippen molar-refractivity contribution in [1.82, 2.24) is 0 Å². The predicted octanol–water partition coefficient (Wildman–Crippen LogP) is 4.38. The Bertz CT molecular complexity index is 801. The number of benzene rings is 2. The number of carbonyl (C=O) groups excluding carboxylic acids is 2. The third-order valence-corrected chi connectivity index (χ3v) is 5.08. The van der Waals surface area contributed by atoms with Gasteiger partial charge in [-0.05, 0) is 54.7 Å². The van der Waals surface area contributed by atoms with E-state index in [-0.39, 0.29) is 18.4 Å². The van der Waals surface area contributed by atoms with Gasteiger partial charge in [0.2, 0.25) is 11.8 Å². The van der Waals surface area contributed by atoms with Gasteiger partial charge in [0.1, 0.15) is 0 Å². The minimum atomic E-state index is -0.0982. The monoisotopic (exact) mass is 365 g/mol. The Morgan fingerprint density at radius 2 is 1.89 bits per heavy atom. The van der Waals surface area contributed by atoms with Crippen LogP contribution in [0.15, 0.2) is 48.5 Å². The molecule has 2 aromatic rings. The summed E-state index contributed by atoms with van der Waals surface area (Å²) in [5.74, 6) is 0.507. The molecule has 2 aromatic carbocycles. The quantitative estimate of drug-likeness (QED) is 0.765. The SMILES string of the molecule is CC[C@@H](C)c1ccccc1NCC(=O)Nc1ccc(N2CCCC2=O)cc1. The maximum absolute atomic E-state index is 12.3. The molecule has 0 radical (unpaired) electrons. The molecule has 3 rings (SSSR count). The Balaban J connectivity index is 1.56. The Morgan fingerprint density at radius 3 is 2.56 bits per heavy atom. The van der Waals surface area contributed by atoms with Crippen molar-refractivity contribution in [3.8, 4) is 0 Å². The molecular weight excluding hydrogens is 338 g/mol. The lowest BCUT2D eigenvalue weighted by atomic mass is 9.97. The minimum Gasteiger partial charge on any atom is -0.376 e. The summed E-state index contributed by atoms with van der Waals surface area (Å²) < 4.78 is 0. The molecule has 5 nitrogen and oxygen atoms in total. The van der Waals surface area contributed by atoms with E-state index in [4.69, 9.17) is 0 Å². The van der Waals surface area contributed by atoms with Crippen LogP contribution in [0.1, 0.15) is 44.6 Å². The number of anilines is 3. The second kappa shape index (κ2) is 8.71. The van der Waals surface area contributed by atoms with E-state index in [1.165, 1.54) is 5.56 Å². The van der Waals surface area contributed by atoms with Crippen LogP contribution in [0.3, 0.4) is 0 Å². The van der Waals surface area contributed by atoms with Gasteiger partial charge in [-0.3, -0.25) is 9.59 Å². The number of hydrogen-bond acceptors (Lipinski definition) is 3. The van der Waals surface area contributed by atoms with Crippen LogP contribution >= 0.6 is 0 Å². The molecule has 2 amide bonds. The number of nitrogens with zero attached hydrogens (tertiary/aromatic N) is 1. The normalized spacial score (nSPS) is 14.9. The zero-order valence-electron chi connectivity index (χ0n) is 16.0. The van der Waals surface area contributed by atoms with Crippen molar-refractivity contribution in [2.24, 2.45) is 0 Å². The molecule has 27 heavy (non-hydrogen) atoms. The summed E-state index contributed by atoms with van der Waals surface area (Å²) >= 11 is 0. The zero-order valence-corrected chi connectivity index (χ0v) is 16.0. The van der Waals surface area contributed by atoms with E-state index in [2.05, 4.69) is 30.5 Å². The van der Waals surface area contributed by atoms with Crippen LogP contribution in [0.25, 0.3) is 0 Å². The van der Waals surface area contributed by atoms with Crippen molar-refractivity contribution >= 4 is 28.9 Å². The second-order valence-electron chi connectivity index (χ2n) is 6.99. The van der Waals surface area contributed by atoms with Crippen LogP contribution in [0, 0.1) is 0 Å². The van der Waals surface area contributed by atoms with Gasteiger partial charge in [0.05, 0.1) is 6.54 Å². The third-order valence-electron chi connectivity index (χ3n) is 5.08. The largest absolute Gasteiger partial charge is 0.376 e. The van der Waals surface area contributed by atoms with E-state index in [0.29, 0.717) is 12.3 Å². The van der Waals surface area contributed by atoms with Crippen LogP contribution in [0.2, 0.25) is 0 Å². The van der Waals surface area contributed by atoms with Crippen molar-refractivity contribution < 1.29 is 9.59 Å². The number of carbonyl (C=O) groups is 2. The summed E-state index contributed by atoms with van der Waals surface area (Å²) in [5, 5.41) is 6.14. The summed E-state index contributed by atoms with van der Waals surface area (Å²) in [5.41, 5.74) is 3.85. The molecule has 0 saturated carbocycles. The minimum absolute atomic E-state index is 0.0982. The van der Waals surface area contributed by atoms with E-state index in [1.807, 2.05) is 42.5 Å². The molecule has 0 bridgehead atoms. The fourth-order valence-corrected chi connectivity index (χ4v) is 3.33. The molecule has 142 valence electrons. The summed E-state index contributed by atoms with van der Waals surface area (Å²) in [7, 11) is 0. The van der Waals surface area contributed by atoms with E-state index in [1.54, 1.807) is 4.90 Å². The zero-order chi connectivity index (χ0) is 19.2. The number of rotatable bonds is 7. The average molecular weight is 365 g/mol. The van der Waals surface area contributed by atoms with Gasteiger partial charge in [0.15, 0.2) is 0 Å². The molecule has 0 unspecified atom stereocenters. The standard InChI is InChI=1S/C22H27N3O2/c1-3-16(2)19-7-4-5-8-20(19)23-15-21(26)24-17-10-12-18(13-11-17)25-14-6-9-22(25)27/h4-5,7-8,10-13,16,23H,3,6,9,14-15H2,1-2H3,(H,24,26)/t16-/m1/s1. The highest BCUT2D eigenvalue weighted by Crippen LogP contribution is 2.26. The molecule has 1 aliphatic heterocycles.